The second-order valence-electron chi connectivity index (χ2n) is 2.91. The van der Waals surface area contributed by atoms with E-state index in [1.54, 1.807) is 18.2 Å². The molecule has 1 aromatic rings. The van der Waals surface area contributed by atoms with E-state index < -0.39 is 5.97 Å². The molecule has 0 saturated heterocycles. The van der Waals surface area contributed by atoms with Gasteiger partial charge < -0.3 is 5.11 Å². The molecule has 3 nitrogen and oxygen atoms in total. The molecule has 15 heavy (non-hydrogen) atoms. The van der Waals surface area contributed by atoms with Crippen molar-refractivity contribution in [3.63, 3.8) is 0 Å². The molecule has 0 radical (unpaired) electrons. The second-order valence-corrected chi connectivity index (χ2v) is 4.32. The molecule has 1 atom stereocenters. The first-order chi connectivity index (χ1) is 7.13. The zero-order chi connectivity index (χ0) is 11.3. The minimum atomic E-state index is -0.866. The summed E-state index contributed by atoms with van der Waals surface area (Å²) in [6.07, 6.45) is -0.00605. The highest BCUT2D eigenvalue weighted by Gasteiger charge is 2.14. The molecule has 0 aliphatic heterocycles. The van der Waals surface area contributed by atoms with E-state index in [4.69, 9.17) is 16.7 Å². The van der Waals surface area contributed by atoms with Crippen molar-refractivity contribution in [3.8, 4) is 0 Å². The number of carboxylic acid groups (broad SMARTS) is 1. The maximum Gasteiger partial charge on any atom is 0.305 e. The largest absolute Gasteiger partial charge is 0.481 e. The van der Waals surface area contributed by atoms with E-state index in [1.165, 1.54) is 0 Å². The fourth-order valence-corrected chi connectivity index (χ4v) is 2.12. The Bertz CT molecular complexity index is 349. The van der Waals surface area contributed by atoms with Crippen LogP contribution in [-0.2, 0) is 4.79 Å². The third kappa shape index (κ3) is 4.34. The van der Waals surface area contributed by atoms with Gasteiger partial charge in [0.1, 0.15) is 0 Å². The Morgan fingerprint density at radius 1 is 1.67 bits per heavy atom. The predicted octanol–water partition coefficient (Wildman–Crippen LogP) is 2.94. The van der Waals surface area contributed by atoms with Crippen molar-refractivity contribution in [2.45, 2.75) is 12.5 Å². The molecule has 0 aliphatic carbocycles. The quantitative estimate of drug-likeness (QED) is 0.434. The van der Waals surface area contributed by atoms with Gasteiger partial charge in [0.2, 0.25) is 0 Å². The van der Waals surface area contributed by atoms with Crippen LogP contribution in [0.3, 0.4) is 0 Å². The van der Waals surface area contributed by atoms with Crippen LogP contribution in [0.25, 0.3) is 0 Å². The highest BCUT2D eigenvalue weighted by molar-refractivity contribution is 8.67. The van der Waals surface area contributed by atoms with Gasteiger partial charge in [-0.15, -0.1) is 0 Å². The summed E-state index contributed by atoms with van der Waals surface area (Å²) < 4.78 is 2.90. The first-order valence-corrected chi connectivity index (χ1v) is 6.41. The van der Waals surface area contributed by atoms with Crippen molar-refractivity contribution in [2.75, 3.05) is 0 Å². The van der Waals surface area contributed by atoms with Crippen molar-refractivity contribution in [1.29, 1.82) is 0 Å². The third-order valence-electron chi connectivity index (χ3n) is 1.82. The lowest BCUT2D eigenvalue weighted by molar-refractivity contribution is -0.137. The van der Waals surface area contributed by atoms with E-state index in [9.17, 15) is 4.79 Å². The van der Waals surface area contributed by atoms with Crippen LogP contribution < -0.4 is 4.72 Å². The Hall–Kier alpha value is -0.360. The molecular weight excluding hydrogens is 254 g/mol. The van der Waals surface area contributed by atoms with Crippen LogP contribution in [0.15, 0.2) is 24.3 Å². The number of benzene rings is 1. The SMILES string of the molecule is O=C(O)CC(NSS)c1cccc(Cl)c1. The van der Waals surface area contributed by atoms with E-state index in [0.717, 1.165) is 16.5 Å². The summed E-state index contributed by atoms with van der Waals surface area (Å²) >= 11 is 9.76. The van der Waals surface area contributed by atoms with Gasteiger partial charge in [-0.05, 0) is 28.7 Å². The number of carboxylic acids is 1. The van der Waals surface area contributed by atoms with E-state index in [1.807, 2.05) is 6.07 Å². The van der Waals surface area contributed by atoms with E-state index >= 15 is 0 Å². The molecule has 1 aromatic carbocycles. The molecule has 1 unspecified atom stereocenters. The monoisotopic (exact) mass is 263 g/mol. The Morgan fingerprint density at radius 3 is 2.93 bits per heavy atom. The van der Waals surface area contributed by atoms with E-state index in [0.29, 0.717) is 5.02 Å². The number of halogens is 1. The van der Waals surface area contributed by atoms with E-state index in [-0.39, 0.29) is 12.5 Å². The minimum Gasteiger partial charge on any atom is -0.481 e. The number of aliphatic carboxylic acids is 1. The number of rotatable bonds is 5. The maximum atomic E-state index is 10.6. The first kappa shape index (κ1) is 12.7. The summed E-state index contributed by atoms with van der Waals surface area (Å²) in [5, 5.41) is 9.33. The van der Waals surface area contributed by atoms with Crippen molar-refractivity contribution >= 4 is 40.2 Å². The fraction of sp³-hybridized carbons (Fsp3) is 0.222. The average Bonchev–Trinajstić information content (AvgIpc) is 2.16. The normalized spacial score (nSPS) is 12.4. The van der Waals surface area contributed by atoms with Crippen LogP contribution >= 0.6 is 34.2 Å². The maximum absolute atomic E-state index is 10.6. The van der Waals surface area contributed by atoms with Gasteiger partial charge >= 0.3 is 5.97 Å². The molecule has 0 amide bonds. The van der Waals surface area contributed by atoms with Crippen LogP contribution in [-0.4, -0.2) is 11.1 Å². The molecule has 0 fully saturated rings. The smallest absolute Gasteiger partial charge is 0.305 e. The summed E-state index contributed by atoms with van der Waals surface area (Å²) in [5.41, 5.74) is 0.839. The number of hydrogen-bond donors (Lipinski definition) is 3. The number of hydrogen-bond acceptors (Lipinski definition) is 4. The van der Waals surface area contributed by atoms with Gasteiger partial charge in [-0.1, -0.05) is 35.4 Å². The van der Waals surface area contributed by atoms with Crippen LogP contribution in [0.1, 0.15) is 18.0 Å². The number of thiol groups is 1. The Balaban J connectivity index is 2.83. The van der Waals surface area contributed by atoms with Gasteiger partial charge in [0.15, 0.2) is 0 Å². The molecule has 0 saturated carbocycles. The van der Waals surface area contributed by atoms with Crippen molar-refractivity contribution < 1.29 is 9.90 Å². The van der Waals surface area contributed by atoms with Gasteiger partial charge in [0.05, 0.1) is 12.5 Å². The zero-order valence-electron chi connectivity index (χ0n) is 7.68. The van der Waals surface area contributed by atoms with Gasteiger partial charge in [0.25, 0.3) is 0 Å². The molecule has 0 bridgehead atoms. The molecular formula is C9H10ClNO2S2. The highest BCUT2D eigenvalue weighted by Crippen LogP contribution is 2.23. The van der Waals surface area contributed by atoms with Crippen LogP contribution in [0.5, 0.6) is 0 Å². The second kappa shape index (κ2) is 6.27. The van der Waals surface area contributed by atoms with Gasteiger partial charge in [-0.25, -0.2) is 4.72 Å². The molecule has 0 spiro atoms. The van der Waals surface area contributed by atoms with E-state index in [2.05, 4.69) is 16.4 Å². The van der Waals surface area contributed by atoms with Crippen molar-refractivity contribution in [3.05, 3.63) is 34.9 Å². The Labute approximate surface area is 102 Å². The lowest BCUT2D eigenvalue weighted by atomic mass is 10.1. The summed E-state index contributed by atoms with van der Waals surface area (Å²) in [6, 6.07) is 6.82. The summed E-state index contributed by atoms with van der Waals surface area (Å²) in [6.45, 7) is 0. The minimum absolute atomic E-state index is 0.00605. The molecule has 82 valence electrons. The number of nitrogens with one attached hydrogen (secondary N) is 1. The van der Waals surface area contributed by atoms with Gasteiger partial charge in [0, 0.05) is 5.02 Å². The third-order valence-corrected chi connectivity index (χ3v) is 2.77. The predicted molar refractivity (Wildman–Crippen MR) is 66.2 cm³/mol. The van der Waals surface area contributed by atoms with Crippen molar-refractivity contribution in [2.24, 2.45) is 0 Å². The Morgan fingerprint density at radius 2 is 2.40 bits per heavy atom. The molecule has 0 aliphatic rings. The lowest BCUT2D eigenvalue weighted by Crippen LogP contribution is -2.17. The first-order valence-electron chi connectivity index (χ1n) is 4.16. The topological polar surface area (TPSA) is 49.3 Å². The lowest BCUT2D eigenvalue weighted by Gasteiger charge is -2.14. The molecule has 6 heteroatoms. The van der Waals surface area contributed by atoms with Gasteiger partial charge in [-0.3, -0.25) is 4.79 Å². The highest BCUT2D eigenvalue weighted by atomic mass is 35.5. The summed E-state index contributed by atoms with van der Waals surface area (Å²) in [5.74, 6) is -0.866. The molecule has 0 aromatic heterocycles. The number of carbonyl (C=O) groups is 1. The molecule has 0 heterocycles. The van der Waals surface area contributed by atoms with Gasteiger partial charge in [-0.2, -0.15) is 0 Å². The summed E-state index contributed by atoms with van der Waals surface area (Å²) in [4.78, 5) is 10.6. The van der Waals surface area contributed by atoms with Crippen LogP contribution in [0.2, 0.25) is 5.02 Å². The average molecular weight is 264 g/mol. The Kier molecular flexibility index (Phi) is 5.31. The standard InChI is InChI=1S/C9H10ClNO2S2/c10-7-3-1-2-6(4-7)8(11-15-14)5-9(12)13/h1-4,8,11,14H,5H2,(H,12,13). The molecule has 1 rings (SSSR count). The van der Waals surface area contributed by atoms with Crippen LogP contribution in [0, 0.1) is 0 Å². The fourth-order valence-electron chi connectivity index (χ4n) is 1.19. The van der Waals surface area contributed by atoms with Crippen molar-refractivity contribution in [1.82, 2.24) is 4.72 Å². The zero-order valence-corrected chi connectivity index (χ0v) is 10.1. The summed E-state index contributed by atoms with van der Waals surface area (Å²) in [7, 11) is 1.09. The van der Waals surface area contributed by atoms with Crippen LogP contribution in [0.4, 0.5) is 0 Å². The molecule has 2 N–H and O–H groups in total.